The van der Waals surface area contributed by atoms with Crippen LogP contribution in [0, 0.1) is 0 Å². The molecule has 6 N–H and O–H groups in total. The van der Waals surface area contributed by atoms with Gasteiger partial charge in [0.25, 0.3) is 11.8 Å². The van der Waals surface area contributed by atoms with Crippen molar-refractivity contribution < 1.29 is 9.59 Å². The summed E-state index contributed by atoms with van der Waals surface area (Å²) in [4.78, 5) is 25.4. The van der Waals surface area contributed by atoms with Crippen molar-refractivity contribution in [1.82, 2.24) is 0 Å². The molecule has 0 saturated carbocycles. The van der Waals surface area contributed by atoms with Gasteiger partial charge in [0, 0.05) is 11.4 Å². The number of hydrogen-bond donors (Lipinski definition) is 4. The molecule has 2 amide bonds. The number of carbonyl (C=O) groups excluding carboxylic acids is 2. The van der Waals surface area contributed by atoms with E-state index in [9.17, 15) is 9.59 Å². The lowest BCUT2D eigenvalue weighted by Gasteiger charge is -2.06. The number of hydrogen-bond acceptors (Lipinski definition) is 5. The Bertz CT molecular complexity index is 936. The highest BCUT2D eigenvalue weighted by molar-refractivity contribution is 7.16. The molecule has 3 rings (SSSR count). The zero-order valence-electron chi connectivity index (χ0n) is 13.2. The highest BCUT2D eigenvalue weighted by Crippen LogP contribution is 2.22. The van der Waals surface area contributed by atoms with Crippen molar-refractivity contribution in [3.63, 3.8) is 0 Å². The van der Waals surface area contributed by atoms with Crippen molar-refractivity contribution >= 4 is 45.9 Å². The molecule has 3 aromatic rings. The highest BCUT2D eigenvalue weighted by atomic mass is 32.1. The minimum atomic E-state index is -0.314. The van der Waals surface area contributed by atoms with E-state index in [1.165, 1.54) is 0 Å². The Morgan fingerprint density at radius 2 is 1.48 bits per heavy atom. The van der Waals surface area contributed by atoms with Gasteiger partial charge in [-0.2, -0.15) is 0 Å². The summed E-state index contributed by atoms with van der Waals surface area (Å²) in [5, 5.41) is 5.48. The Kier molecular flexibility index (Phi) is 4.67. The maximum atomic E-state index is 12.3. The molecule has 0 atom stereocenters. The summed E-state index contributed by atoms with van der Waals surface area (Å²) in [6, 6.07) is 17.1. The lowest BCUT2D eigenvalue weighted by atomic mass is 10.2. The highest BCUT2D eigenvalue weighted by Gasteiger charge is 2.15. The van der Waals surface area contributed by atoms with E-state index >= 15 is 0 Å². The van der Waals surface area contributed by atoms with E-state index in [1.807, 2.05) is 0 Å². The van der Waals surface area contributed by atoms with E-state index in [1.54, 1.807) is 60.7 Å². The molecule has 0 radical (unpaired) electrons. The molecule has 126 valence electrons. The summed E-state index contributed by atoms with van der Waals surface area (Å²) in [5.41, 5.74) is 13.7. The van der Waals surface area contributed by atoms with Crippen LogP contribution in [0.3, 0.4) is 0 Å². The van der Waals surface area contributed by atoms with Gasteiger partial charge in [0.15, 0.2) is 0 Å². The van der Waals surface area contributed by atoms with Gasteiger partial charge in [-0.05, 0) is 42.5 Å². The normalized spacial score (nSPS) is 10.2. The number of rotatable bonds is 4. The van der Waals surface area contributed by atoms with Crippen molar-refractivity contribution in [2.24, 2.45) is 0 Å². The number of benzene rings is 2. The number of nitrogens with one attached hydrogen (secondary N) is 2. The maximum absolute atomic E-state index is 12.3. The second-order valence-electron chi connectivity index (χ2n) is 5.28. The third-order valence-electron chi connectivity index (χ3n) is 3.41. The van der Waals surface area contributed by atoms with Crippen LogP contribution in [0.25, 0.3) is 0 Å². The summed E-state index contributed by atoms with van der Waals surface area (Å²) < 4.78 is 0. The molecule has 2 aromatic carbocycles. The van der Waals surface area contributed by atoms with Crippen molar-refractivity contribution in [2.45, 2.75) is 0 Å². The fourth-order valence-electron chi connectivity index (χ4n) is 2.19. The van der Waals surface area contributed by atoms with E-state index in [4.69, 9.17) is 11.5 Å². The van der Waals surface area contributed by atoms with Gasteiger partial charge in [-0.15, -0.1) is 11.3 Å². The van der Waals surface area contributed by atoms with Crippen LogP contribution in [-0.4, -0.2) is 11.8 Å². The van der Waals surface area contributed by atoms with Gasteiger partial charge >= 0.3 is 0 Å². The first kappa shape index (κ1) is 16.5. The molecule has 0 aliphatic heterocycles. The number of amides is 2. The monoisotopic (exact) mass is 352 g/mol. The van der Waals surface area contributed by atoms with Crippen LogP contribution < -0.4 is 22.1 Å². The SMILES string of the molecule is Nc1cccc(NC(=O)c2ccc(C(=O)Nc3ccccc3N)s2)c1. The van der Waals surface area contributed by atoms with Crippen molar-refractivity contribution in [3.8, 4) is 0 Å². The summed E-state index contributed by atoms with van der Waals surface area (Å²) in [5.74, 6) is -0.611. The molecule has 0 unspecified atom stereocenters. The lowest BCUT2D eigenvalue weighted by Crippen LogP contribution is -2.12. The number of para-hydroxylation sites is 2. The van der Waals surface area contributed by atoms with Crippen LogP contribution in [0.15, 0.2) is 60.7 Å². The largest absolute Gasteiger partial charge is 0.399 e. The molecule has 0 aliphatic carbocycles. The molecule has 0 aliphatic rings. The van der Waals surface area contributed by atoms with Gasteiger partial charge in [-0.25, -0.2) is 0 Å². The molecular weight excluding hydrogens is 336 g/mol. The summed E-state index contributed by atoms with van der Waals surface area (Å²) >= 11 is 1.10. The third kappa shape index (κ3) is 3.96. The van der Waals surface area contributed by atoms with Crippen molar-refractivity contribution in [3.05, 3.63) is 70.4 Å². The Labute approximate surface area is 148 Å². The van der Waals surface area contributed by atoms with Gasteiger partial charge in [0.05, 0.1) is 21.1 Å². The predicted molar refractivity (Wildman–Crippen MR) is 102 cm³/mol. The third-order valence-corrected chi connectivity index (χ3v) is 4.49. The molecule has 0 spiro atoms. The first-order chi connectivity index (χ1) is 12.0. The maximum Gasteiger partial charge on any atom is 0.265 e. The second-order valence-corrected chi connectivity index (χ2v) is 6.37. The number of thiophene rings is 1. The average Bonchev–Trinajstić information content (AvgIpc) is 3.07. The molecule has 0 fully saturated rings. The quantitative estimate of drug-likeness (QED) is 0.539. The zero-order chi connectivity index (χ0) is 17.8. The molecule has 1 heterocycles. The van der Waals surface area contributed by atoms with Crippen LogP contribution in [0.4, 0.5) is 22.7 Å². The summed E-state index contributed by atoms with van der Waals surface area (Å²) in [6.07, 6.45) is 0. The van der Waals surface area contributed by atoms with Crippen LogP contribution >= 0.6 is 11.3 Å². The van der Waals surface area contributed by atoms with Gasteiger partial charge in [-0.3, -0.25) is 9.59 Å². The first-order valence-corrected chi connectivity index (χ1v) is 8.27. The Morgan fingerprint density at radius 1 is 0.800 bits per heavy atom. The Morgan fingerprint density at radius 3 is 2.16 bits per heavy atom. The van der Waals surface area contributed by atoms with Gasteiger partial charge < -0.3 is 22.1 Å². The van der Waals surface area contributed by atoms with Crippen molar-refractivity contribution in [1.29, 1.82) is 0 Å². The summed E-state index contributed by atoms with van der Waals surface area (Å²) in [6.45, 7) is 0. The van der Waals surface area contributed by atoms with Crippen LogP contribution in [0.5, 0.6) is 0 Å². The minimum Gasteiger partial charge on any atom is -0.399 e. The molecule has 1 aromatic heterocycles. The molecule has 0 saturated heterocycles. The van der Waals surface area contributed by atoms with E-state index in [0.717, 1.165) is 11.3 Å². The smallest absolute Gasteiger partial charge is 0.265 e. The van der Waals surface area contributed by atoms with Crippen LogP contribution in [0.1, 0.15) is 19.3 Å². The average molecular weight is 352 g/mol. The minimum absolute atomic E-state index is 0.297. The van der Waals surface area contributed by atoms with Crippen LogP contribution in [-0.2, 0) is 0 Å². The van der Waals surface area contributed by atoms with Gasteiger partial charge in [0.1, 0.15) is 0 Å². The molecule has 0 bridgehead atoms. The molecule has 7 heteroatoms. The molecule has 25 heavy (non-hydrogen) atoms. The Balaban J connectivity index is 1.70. The fourth-order valence-corrected chi connectivity index (χ4v) is 2.98. The van der Waals surface area contributed by atoms with Gasteiger partial charge in [-0.1, -0.05) is 18.2 Å². The molecular formula is C18H16N4O2S. The van der Waals surface area contributed by atoms with Crippen molar-refractivity contribution in [2.75, 3.05) is 22.1 Å². The summed E-state index contributed by atoms with van der Waals surface area (Å²) in [7, 11) is 0. The number of nitrogens with two attached hydrogens (primary N) is 2. The fraction of sp³-hybridized carbons (Fsp3) is 0. The topological polar surface area (TPSA) is 110 Å². The first-order valence-electron chi connectivity index (χ1n) is 7.45. The van der Waals surface area contributed by atoms with E-state index in [0.29, 0.717) is 32.5 Å². The zero-order valence-corrected chi connectivity index (χ0v) is 14.0. The van der Waals surface area contributed by atoms with Crippen LogP contribution in [0.2, 0.25) is 0 Å². The number of anilines is 4. The van der Waals surface area contributed by atoms with E-state index < -0.39 is 0 Å². The lowest BCUT2D eigenvalue weighted by molar-refractivity contribution is 0.102. The second kappa shape index (κ2) is 7.06. The standard InChI is InChI=1S/C18H16N4O2S/c19-11-4-3-5-12(10-11)21-17(23)15-8-9-16(25-15)18(24)22-14-7-2-1-6-13(14)20/h1-10H,19-20H2,(H,21,23)(H,22,24). The van der Waals surface area contributed by atoms with Gasteiger partial charge in [0.2, 0.25) is 0 Å². The molecule has 6 nitrogen and oxygen atoms in total. The number of nitrogen functional groups attached to an aromatic ring is 2. The Hall–Kier alpha value is -3.32. The number of carbonyl (C=O) groups is 2. The predicted octanol–water partition coefficient (Wildman–Crippen LogP) is 3.42. The van der Waals surface area contributed by atoms with E-state index in [2.05, 4.69) is 10.6 Å². The van der Waals surface area contributed by atoms with E-state index in [-0.39, 0.29) is 11.8 Å².